The van der Waals surface area contributed by atoms with Crippen molar-refractivity contribution in [1.29, 1.82) is 0 Å². The van der Waals surface area contributed by atoms with E-state index in [1.807, 2.05) is 0 Å². The largest absolute Gasteiger partial charge is 0.462 e. The molecule has 0 heterocycles. The van der Waals surface area contributed by atoms with Crippen molar-refractivity contribution in [2.45, 2.75) is 361 Å². The number of rotatable bonds is 65. The summed E-state index contributed by atoms with van der Waals surface area (Å²) in [6.07, 6.45) is 95.8. The van der Waals surface area contributed by atoms with Crippen LogP contribution in [-0.4, -0.2) is 37.2 Å². The lowest BCUT2D eigenvalue weighted by atomic mass is 10.0. The lowest BCUT2D eigenvalue weighted by Gasteiger charge is -2.18. The third-order valence-electron chi connectivity index (χ3n) is 15.5. The van der Waals surface area contributed by atoms with Gasteiger partial charge in [-0.3, -0.25) is 14.4 Å². The van der Waals surface area contributed by atoms with Crippen LogP contribution in [0.2, 0.25) is 0 Å². The van der Waals surface area contributed by atoms with Gasteiger partial charge in [-0.25, -0.2) is 0 Å². The Labute approximate surface area is 515 Å². The lowest BCUT2D eigenvalue weighted by Crippen LogP contribution is -2.30. The molecule has 0 rings (SSSR count). The first-order valence-electron chi connectivity index (χ1n) is 35.7. The van der Waals surface area contributed by atoms with E-state index in [2.05, 4.69) is 118 Å². The number of ether oxygens (including phenoxy) is 3. The van der Waals surface area contributed by atoms with Crippen LogP contribution in [-0.2, 0) is 28.6 Å². The molecule has 0 aliphatic carbocycles. The van der Waals surface area contributed by atoms with Gasteiger partial charge in [0, 0.05) is 19.3 Å². The van der Waals surface area contributed by atoms with Crippen LogP contribution in [0, 0.1) is 0 Å². The number of unbranched alkanes of at least 4 members (excludes halogenated alkanes) is 38. The monoisotopic (exact) mass is 1160 g/mol. The van der Waals surface area contributed by atoms with E-state index in [9.17, 15) is 14.4 Å². The molecule has 6 nitrogen and oxygen atoms in total. The molecule has 0 amide bonds. The highest BCUT2D eigenvalue weighted by molar-refractivity contribution is 5.71. The van der Waals surface area contributed by atoms with Crippen molar-refractivity contribution in [2.75, 3.05) is 13.2 Å². The summed E-state index contributed by atoms with van der Waals surface area (Å²) in [6, 6.07) is 0. The number of carbonyl (C=O) groups is 3. The standard InChI is InChI=1S/C77H134O6/c1-4-7-10-13-16-19-22-25-28-31-34-37-38-41-43-46-49-52-55-58-61-64-67-70-76(79)82-73-74(83-77(80)71-68-65-62-59-56-53-50-47-44-40-36-33-30-27-24-21-18-15-12-9-6-3)72-81-75(78)69-66-63-60-57-54-51-48-45-42-39-35-32-29-26-23-20-17-14-11-8-5-2/h9,12,18,21,27,30-32,34-36,40,47,50,56,59,74H,4-8,10-11,13-17,19-20,22-26,28-29,33,37-39,41-46,48-49,51-55,57-58,60-73H2,1-3H3/b12-9-,21-18-,30-27-,34-31-,35-32-,40-36-,50-47-,59-56-. The Morgan fingerprint density at radius 3 is 0.771 bits per heavy atom. The van der Waals surface area contributed by atoms with Crippen molar-refractivity contribution in [3.63, 3.8) is 0 Å². The van der Waals surface area contributed by atoms with Gasteiger partial charge in [0.05, 0.1) is 0 Å². The quantitative estimate of drug-likeness (QED) is 0.0261. The highest BCUT2D eigenvalue weighted by Crippen LogP contribution is 2.17. The van der Waals surface area contributed by atoms with Crippen molar-refractivity contribution in [3.05, 3.63) is 97.2 Å². The van der Waals surface area contributed by atoms with Crippen LogP contribution in [0.25, 0.3) is 0 Å². The van der Waals surface area contributed by atoms with Gasteiger partial charge in [-0.1, -0.05) is 311 Å². The maximum Gasteiger partial charge on any atom is 0.306 e. The second-order valence-corrected chi connectivity index (χ2v) is 23.8. The maximum atomic E-state index is 13.0. The van der Waals surface area contributed by atoms with Crippen LogP contribution >= 0.6 is 0 Å². The summed E-state index contributed by atoms with van der Waals surface area (Å²) < 4.78 is 17.0. The van der Waals surface area contributed by atoms with Crippen molar-refractivity contribution >= 4 is 17.9 Å². The van der Waals surface area contributed by atoms with E-state index in [4.69, 9.17) is 14.2 Å². The molecule has 6 heteroatoms. The van der Waals surface area contributed by atoms with Crippen LogP contribution < -0.4 is 0 Å². The molecule has 0 aromatic rings. The molecular formula is C77H134O6. The molecule has 0 bridgehead atoms. The van der Waals surface area contributed by atoms with E-state index >= 15 is 0 Å². The van der Waals surface area contributed by atoms with E-state index in [0.717, 1.165) is 89.9 Å². The number of hydrogen-bond donors (Lipinski definition) is 0. The molecule has 1 atom stereocenters. The van der Waals surface area contributed by atoms with Gasteiger partial charge in [0.15, 0.2) is 6.10 Å². The topological polar surface area (TPSA) is 78.9 Å². The number of allylic oxidation sites excluding steroid dienone is 16. The van der Waals surface area contributed by atoms with Gasteiger partial charge in [-0.15, -0.1) is 0 Å². The summed E-state index contributed by atoms with van der Waals surface area (Å²) in [7, 11) is 0. The summed E-state index contributed by atoms with van der Waals surface area (Å²) in [5.74, 6) is -0.925. The third-order valence-corrected chi connectivity index (χ3v) is 15.5. The minimum atomic E-state index is -0.805. The molecule has 0 fully saturated rings. The highest BCUT2D eigenvalue weighted by Gasteiger charge is 2.19. The first-order chi connectivity index (χ1) is 41.0. The van der Waals surface area contributed by atoms with Gasteiger partial charge in [0.1, 0.15) is 13.2 Å². The summed E-state index contributed by atoms with van der Waals surface area (Å²) in [5.41, 5.74) is 0. The van der Waals surface area contributed by atoms with E-state index in [1.54, 1.807) is 0 Å². The van der Waals surface area contributed by atoms with Gasteiger partial charge in [0.2, 0.25) is 0 Å². The Kier molecular flexibility index (Phi) is 67.7. The van der Waals surface area contributed by atoms with Crippen LogP contribution in [0.5, 0.6) is 0 Å². The highest BCUT2D eigenvalue weighted by atomic mass is 16.6. The number of hydrogen-bond acceptors (Lipinski definition) is 6. The Morgan fingerprint density at radius 2 is 0.470 bits per heavy atom. The summed E-state index contributed by atoms with van der Waals surface area (Å²) in [5, 5.41) is 0. The van der Waals surface area contributed by atoms with Gasteiger partial charge in [0.25, 0.3) is 0 Å². The minimum absolute atomic E-state index is 0.0947. The second kappa shape index (κ2) is 70.8. The fourth-order valence-corrected chi connectivity index (χ4v) is 10.2. The molecule has 0 aromatic heterocycles. The average molecular weight is 1160 g/mol. The van der Waals surface area contributed by atoms with Crippen LogP contribution in [0.15, 0.2) is 97.2 Å². The molecule has 83 heavy (non-hydrogen) atoms. The van der Waals surface area contributed by atoms with E-state index in [1.165, 1.54) is 218 Å². The molecule has 1 unspecified atom stereocenters. The smallest absolute Gasteiger partial charge is 0.306 e. The van der Waals surface area contributed by atoms with Crippen molar-refractivity contribution in [3.8, 4) is 0 Å². The van der Waals surface area contributed by atoms with Gasteiger partial charge in [-0.2, -0.15) is 0 Å². The fourth-order valence-electron chi connectivity index (χ4n) is 10.2. The Balaban J connectivity index is 4.43. The molecule has 0 spiro atoms. The molecular weight excluding hydrogens is 1020 g/mol. The maximum absolute atomic E-state index is 13.0. The summed E-state index contributed by atoms with van der Waals surface area (Å²) >= 11 is 0. The average Bonchev–Trinajstić information content (AvgIpc) is 3.49. The molecule has 0 radical (unpaired) electrons. The van der Waals surface area contributed by atoms with E-state index in [-0.39, 0.29) is 37.5 Å². The molecule has 0 saturated heterocycles. The third kappa shape index (κ3) is 69.0. The zero-order chi connectivity index (χ0) is 59.9. The predicted octanol–water partition coefficient (Wildman–Crippen LogP) is 24.8. The molecule has 0 aromatic carbocycles. The molecule has 0 aliphatic rings. The molecule has 0 saturated carbocycles. The Hall–Kier alpha value is -3.67. The number of esters is 3. The van der Waals surface area contributed by atoms with E-state index in [0.29, 0.717) is 19.3 Å². The first kappa shape index (κ1) is 79.3. The number of carbonyl (C=O) groups excluding carboxylic acids is 3. The molecule has 0 N–H and O–H groups in total. The summed E-state index contributed by atoms with van der Waals surface area (Å²) in [6.45, 7) is 6.54. The predicted molar refractivity (Wildman–Crippen MR) is 362 cm³/mol. The fraction of sp³-hybridized carbons (Fsp3) is 0.753. The Bertz CT molecular complexity index is 1610. The van der Waals surface area contributed by atoms with Crippen LogP contribution in [0.4, 0.5) is 0 Å². The van der Waals surface area contributed by atoms with Gasteiger partial charge in [-0.05, 0) is 122 Å². The minimum Gasteiger partial charge on any atom is -0.462 e. The van der Waals surface area contributed by atoms with Gasteiger partial charge >= 0.3 is 17.9 Å². The SMILES string of the molecule is CC/C=C\C/C=C\C/C=C\C/C=C\C/C=C\C/C=C\CCCCC(=O)OC(COC(=O)CCCCCCCCCCC/C=C\CCCCCCCCCC)COC(=O)CCCCCCCCCCCCC/C=C\CCCCCCCCCC. The van der Waals surface area contributed by atoms with Gasteiger partial charge < -0.3 is 14.2 Å². The first-order valence-corrected chi connectivity index (χ1v) is 35.7. The van der Waals surface area contributed by atoms with E-state index < -0.39 is 6.10 Å². The Morgan fingerprint density at radius 1 is 0.253 bits per heavy atom. The normalized spacial score (nSPS) is 12.7. The molecule has 478 valence electrons. The zero-order valence-corrected chi connectivity index (χ0v) is 54.9. The molecule has 0 aliphatic heterocycles. The van der Waals surface area contributed by atoms with Crippen molar-refractivity contribution in [1.82, 2.24) is 0 Å². The van der Waals surface area contributed by atoms with Crippen molar-refractivity contribution < 1.29 is 28.6 Å². The zero-order valence-electron chi connectivity index (χ0n) is 54.9. The summed E-state index contributed by atoms with van der Waals surface area (Å²) in [4.78, 5) is 38.5. The van der Waals surface area contributed by atoms with Crippen molar-refractivity contribution in [2.24, 2.45) is 0 Å². The van der Waals surface area contributed by atoms with Crippen LogP contribution in [0.1, 0.15) is 355 Å². The second-order valence-electron chi connectivity index (χ2n) is 23.8. The lowest BCUT2D eigenvalue weighted by molar-refractivity contribution is -0.167. The van der Waals surface area contributed by atoms with Crippen LogP contribution in [0.3, 0.4) is 0 Å².